The van der Waals surface area contributed by atoms with Crippen molar-refractivity contribution < 1.29 is 14.6 Å². The van der Waals surface area contributed by atoms with Gasteiger partial charge in [0, 0.05) is 6.07 Å². The number of ether oxygens (including phenoxy) is 1. The molecule has 2 rings (SSSR count). The number of nitro benzene ring substituents is 1. The molecular formula is C13H19N2O3+. The molecule has 98 valence electrons. The summed E-state index contributed by atoms with van der Waals surface area (Å²) in [6, 6.07) is 6.55. The lowest BCUT2D eigenvalue weighted by molar-refractivity contribution is -0.904. The number of rotatable bonds is 5. The molecule has 5 nitrogen and oxygen atoms in total. The third kappa shape index (κ3) is 3.43. The van der Waals surface area contributed by atoms with E-state index in [0.717, 1.165) is 6.54 Å². The number of piperidine rings is 1. The van der Waals surface area contributed by atoms with E-state index in [1.165, 1.54) is 38.4 Å². The molecule has 1 aromatic rings. The fourth-order valence-electron chi connectivity index (χ4n) is 2.34. The minimum atomic E-state index is -0.400. The zero-order chi connectivity index (χ0) is 12.8. The van der Waals surface area contributed by atoms with Crippen LogP contribution in [0.25, 0.3) is 0 Å². The van der Waals surface area contributed by atoms with E-state index in [1.807, 2.05) is 0 Å². The molecule has 1 aromatic carbocycles. The molecule has 18 heavy (non-hydrogen) atoms. The maximum absolute atomic E-state index is 10.8. The molecule has 1 saturated heterocycles. The molecule has 0 atom stereocenters. The lowest BCUT2D eigenvalue weighted by Crippen LogP contribution is -3.13. The summed E-state index contributed by atoms with van der Waals surface area (Å²) in [6.45, 7) is 3.85. The first-order valence-electron chi connectivity index (χ1n) is 6.47. The van der Waals surface area contributed by atoms with Gasteiger partial charge in [-0.05, 0) is 25.3 Å². The predicted octanol–water partition coefficient (Wildman–Crippen LogP) is 1.04. The number of nitro groups is 1. The van der Waals surface area contributed by atoms with Crippen LogP contribution in [0.3, 0.4) is 0 Å². The standard InChI is InChI=1S/C13H18N2O3/c16-15(17)12-6-2-3-7-13(12)18-11-10-14-8-4-1-5-9-14/h2-3,6-7H,1,4-5,8-11H2/p+1. The van der Waals surface area contributed by atoms with Crippen molar-refractivity contribution >= 4 is 5.69 Å². The van der Waals surface area contributed by atoms with E-state index in [1.54, 1.807) is 23.1 Å². The van der Waals surface area contributed by atoms with Crippen LogP contribution in [0.4, 0.5) is 5.69 Å². The summed E-state index contributed by atoms with van der Waals surface area (Å²) < 4.78 is 5.54. The lowest BCUT2D eigenvalue weighted by Gasteiger charge is -2.23. The van der Waals surface area contributed by atoms with Crippen molar-refractivity contribution in [1.29, 1.82) is 0 Å². The second kappa shape index (κ2) is 6.35. The van der Waals surface area contributed by atoms with Gasteiger partial charge in [0.1, 0.15) is 13.2 Å². The highest BCUT2D eigenvalue weighted by Gasteiger charge is 2.16. The summed E-state index contributed by atoms with van der Waals surface area (Å²) in [4.78, 5) is 11.9. The van der Waals surface area contributed by atoms with Gasteiger partial charge in [-0.3, -0.25) is 10.1 Å². The normalized spacial score (nSPS) is 16.4. The Morgan fingerprint density at radius 3 is 2.67 bits per heavy atom. The molecule has 0 aromatic heterocycles. The first-order valence-corrected chi connectivity index (χ1v) is 6.47. The van der Waals surface area contributed by atoms with Crippen molar-refractivity contribution in [3.05, 3.63) is 34.4 Å². The number of nitrogens with zero attached hydrogens (tertiary/aromatic N) is 1. The van der Waals surface area contributed by atoms with E-state index in [9.17, 15) is 10.1 Å². The van der Waals surface area contributed by atoms with Crippen molar-refractivity contribution in [1.82, 2.24) is 0 Å². The Bertz CT molecular complexity index is 403. The molecule has 1 aliphatic heterocycles. The van der Waals surface area contributed by atoms with Gasteiger partial charge in [-0.1, -0.05) is 12.1 Å². The van der Waals surface area contributed by atoms with Crippen LogP contribution in [0.5, 0.6) is 5.75 Å². The summed E-state index contributed by atoms with van der Waals surface area (Å²) in [5.74, 6) is 0.374. The van der Waals surface area contributed by atoms with Gasteiger partial charge >= 0.3 is 5.69 Å². The molecule has 0 unspecified atom stereocenters. The van der Waals surface area contributed by atoms with Gasteiger partial charge in [-0.25, -0.2) is 0 Å². The topological polar surface area (TPSA) is 56.8 Å². The van der Waals surface area contributed by atoms with E-state index in [2.05, 4.69) is 0 Å². The van der Waals surface area contributed by atoms with Crippen molar-refractivity contribution in [2.45, 2.75) is 19.3 Å². The molecule has 1 N–H and O–H groups in total. The van der Waals surface area contributed by atoms with E-state index in [-0.39, 0.29) is 5.69 Å². The molecule has 0 amide bonds. The maximum atomic E-state index is 10.8. The Labute approximate surface area is 107 Å². The van der Waals surface area contributed by atoms with E-state index in [4.69, 9.17) is 4.74 Å². The Morgan fingerprint density at radius 1 is 1.22 bits per heavy atom. The fourth-order valence-corrected chi connectivity index (χ4v) is 2.34. The minimum absolute atomic E-state index is 0.0474. The van der Waals surface area contributed by atoms with Crippen LogP contribution >= 0.6 is 0 Å². The maximum Gasteiger partial charge on any atom is 0.310 e. The Balaban J connectivity index is 1.84. The summed E-state index contributed by atoms with van der Waals surface area (Å²) in [5.41, 5.74) is 0.0474. The van der Waals surface area contributed by atoms with Gasteiger partial charge in [0.2, 0.25) is 0 Å². The van der Waals surface area contributed by atoms with Crippen LogP contribution in [0, 0.1) is 10.1 Å². The molecule has 0 aliphatic carbocycles. The molecule has 1 aliphatic rings. The van der Waals surface area contributed by atoms with Crippen molar-refractivity contribution in [3.8, 4) is 5.75 Å². The first-order chi connectivity index (χ1) is 8.77. The number of nitrogens with one attached hydrogen (secondary N) is 1. The number of hydrogen-bond acceptors (Lipinski definition) is 3. The highest BCUT2D eigenvalue weighted by Crippen LogP contribution is 2.25. The number of benzene rings is 1. The van der Waals surface area contributed by atoms with Crippen LogP contribution in [0.15, 0.2) is 24.3 Å². The summed E-state index contributed by atoms with van der Waals surface area (Å²) in [5, 5.41) is 10.8. The molecule has 0 radical (unpaired) electrons. The first kappa shape index (κ1) is 12.8. The van der Waals surface area contributed by atoms with Crippen molar-refractivity contribution in [2.75, 3.05) is 26.2 Å². The van der Waals surface area contributed by atoms with E-state index < -0.39 is 4.92 Å². The molecule has 0 spiro atoms. The van der Waals surface area contributed by atoms with Gasteiger partial charge in [-0.15, -0.1) is 0 Å². The summed E-state index contributed by atoms with van der Waals surface area (Å²) >= 11 is 0. The quantitative estimate of drug-likeness (QED) is 0.628. The van der Waals surface area contributed by atoms with Crippen LogP contribution in [-0.4, -0.2) is 31.2 Å². The Hall–Kier alpha value is -1.62. The third-order valence-corrected chi connectivity index (χ3v) is 3.34. The smallest absolute Gasteiger partial charge is 0.310 e. The highest BCUT2D eigenvalue weighted by atomic mass is 16.6. The second-order valence-corrected chi connectivity index (χ2v) is 4.63. The zero-order valence-corrected chi connectivity index (χ0v) is 10.4. The number of hydrogen-bond donors (Lipinski definition) is 1. The lowest BCUT2D eigenvalue weighted by atomic mass is 10.1. The van der Waals surface area contributed by atoms with Crippen molar-refractivity contribution in [3.63, 3.8) is 0 Å². The van der Waals surface area contributed by atoms with Gasteiger partial charge in [-0.2, -0.15) is 0 Å². The average Bonchev–Trinajstić information content (AvgIpc) is 2.40. The number of para-hydroxylation sites is 2. The van der Waals surface area contributed by atoms with Crippen LogP contribution in [0.2, 0.25) is 0 Å². The average molecular weight is 251 g/mol. The summed E-state index contributed by atoms with van der Waals surface area (Å²) in [7, 11) is 0. The monoisotopic (exact) mass is 251 g/mol. The Kier molecular flexibility index (Phi) is 4.52. The third-order valence-electron chi connectivity index (χ3n) is 3.34. The zero-order valence-electron chi connectivity index (χ0n) is 10.4. The largest absolute Gasteiger partial charge is 0.481 e. The van der Waals surface area contributed by atoms with Crippen LogP contribution in [0.1, 0.15) is 19.3 Å². The van der Waals surface area contributed by atoms with E-state index >= 15 is 0 Å². The molecule has 1 fully saturated rings. The molecule has 0 bridgehead atoms. The van der Waals surface area contributed by atoms with Gasteiger partial charge in [0.15, 0.2) is 5.75 Å². The molecule has 0 saturated carbocycles. The number of quaternary nitrogens is 1. The van der Waals surface area contributed by atoms with E-state index in [0.29, 0.717) is 12.4 Å². The predicted molar refractivity (Wildman–Crippen MR) is 68.0 cm³/mol. The second-order valence-electron chi connectivity index (χ2n) is 4.63. The summed E-state index contributed by atoms with van der Waals surface area (Å²) in [6.07, 6.45) is 3.89. The van der Waals surface area contributed by atoms with Gasteiger partial charge in [0.05, 0.1) is 18.0 Å². The highest BCUT2D eigenvalue weighted by molar-refractivity contribution is 5.45. The Morgan fingerprint density at radius 2 is 1.94 bits per heavy atom. The molecule has 5 heteroatoms. The molecular weight excluding hydrogens is 232 g/mol. The van der Waals surface area contributed by atoms with Crippen LogP contribution in [-0.2, 0) is 0 Å². The van der Waals surface area contributed by atoms with Gasteiger partial charge in [0.25, 0.3) is 0 Å². The minimum Gasteiger partial charge on any atom is -0.481 e. The SMILES string of the molecule is O=[N+]([O-])c1ccccc1OCC[NH+]1CCCCC1. The number of likely N-dealkylation sites (tertiary alicyclic amines) is 1. The van der Waals surface area contributed by atoms with Gasteiger partial charge < -0.3 is 9.64 Å². The van der Waals surface area contributed by atoms with Crippen molar-refractivity contribution in [2.24, 2.45) is 0 Å². The molecule has 1 heterocycles. The van der Waals surface area contributed by atoms with Crippen LogP contribution < -0.4 is 9.64 Å². The fraction of sp³-hybridized carbons (Fsp3) is 0.538.